The number of carbonyl (C=O) groups is 1. The summed E-state index contributed by atoms with van der Waals surface area (Å²) in [7, 11) is 0. The molecule has 116 valence electrons. The average Bonchev–Trinajstić information content (AvgIpc) is 3.03. The topological polar surface area (TPSA) is 70.6 Å². The van der Waals surface area contributed by atoms with E-state index in [1.165, 1.54) is 6.42 Å². The van der Waals surface area contributed by atoms with Crippen LogP contribution in [0.25, 0.3) is 0 Å². The summed E-state index contributed by atoms with van der Waals surface area (Å²) < 4.78 is 5.29. The summed E-state index contributed by atoms with van der Waals surface area (Å²) in [5, 5.41) is 14.9. The molecule has 0 aliphatic carbocycles. The molecule has 1 heterocycles. The third kappa shape index (κ3) is 5.73. The number of nitrogens with one attached hydrogen (secondary N) is 2. The summed E-state index contributed by atoms with van der Waals surface area (Å²) in [6, 6.07) is 7.55. The van der Waals surface area contributed by atoms with Crippen molar-refractivity contribution < 1.29 is 14.6 Å². The van der Waals surface area contributed by atoms with Crippen LogP contribution in [-0.2, 0) is 11.3 Å². The number of hydrogen-bond donors (Lipinski definition) is 3. The zero-order chi connectivity index (χ0) is 14.9. The van der Waals surface area contributed by atoms with E-state index in [0.717, 1.165) is 30.8 Å². The lowest BCUT2D eigenvalue weighted by atomic mass is 10.0. The van der Waals surface area contributed by atoms with Crippen LogP contribution >= 0.6 is 0 Å². The van der Waals surface area contributed by atoms with E-state index in [1.807, 2.05) is 24.3 Å². The van der Waals surface area contributed by atoms with Crippen LogP contribution in [-0.4, -0.2) is 37.3 Å². The van der Waals surface area contributed by atoms with Crippen LogP contribution in [0.4, 0.5) is 0 Å². The second kappa shape index (κ2) is 8.64. The molecular weight excluding hydrogens is 268 g/mol. The molecule has 0 bridgehead atoms. The Kier molecular flexibility index (Phi) is 6.50. The molecule has 0 radical (unpaired) electrons. The number of benzene rings is 1. The Morgan fingerprint density at radius 1 is 1.38 bits per heavy atom. The van der Waals surface area contributed by atoms with Crippen LogP contribution in [0.5, 0.6) is 5.75 Å². The van der Waals surface area contributed by atoms with E-state index < -0.39 is 0 Å². The fourth-order valence-corrected chi connectivity index (χ4v) is 2.45. The van der Waals surface area contributed by atoms with Gasteiger partial charge in [-0.25, -0.2) is 0 Å². The predicted octanol–water partition coefficient (Wildman–Crippen LogP) is 1.06. The summed E-state index contributed by atoms with van der Waals surface area (Å²) in [6.45, 7) is 2.97. The van der Waals surface area contributed by atoms with Gasteiger partial charge in [-0.1, -0.05) is 12.1 Å². The van der Waals surface area contributed by atoms with Crippen LogP contribution in [0.15, 0.2) is 24.3 Å². The fraction of sp³-hybridized carbons (Fsp3) is 0.562. The first-order chi connectivity index (χ1) is 10.3. The molecule has 21 heavy (non-hydrogen) atoms. The maximum atomic E-state index is 11.8. The SMILES string of the molecule is O=C(CCC1CCNC1)NCc1ccc(OCCO)cc1. The molecule has 2 rings (SSSR count). The molecule has 3 N–H and O–H groups in total. The van der Waals surface area contributed by atoms with Gasteiger partial charge in [-0.3, -0.25) is 4.79 Å². The average molecular weight is 292 g/mol. The lowest BCUT2D eigenvalue weighted by Crippen LogP contribution is -2.23. The highest BCUT2D eigenvalue weighted by atomic mass is 16.5. The Bertz CT molecular complexity index is 428. The molecule has 1 amide bonds. The smallest absolute Gasteiger partial charge is 0.220 e. The molecule has 1 aliphatic heterocycles. The Hall–Kier alpha value is -1.59. The van der Waals surface area contributed by atoms with E-state index in [0.29, 0.717) is 25.5 Å². The Morgan fingerprint density at radius 2 is 2.19 bits per heavy atom. The van der Waals surface area contributed by atoms with E-state index in [9.17, 15) is 4.79 Å². The van der Waals surface area contributed by atoms with Crippen molar-refractivity contribution in [3.63, 3.8) is 0 Å². The lowest BCUT2D eigenvalue weighted by Gasteiger charge is -2.09. The van der Waals surface area contributed by atoms with Gasteiger partial charge in [-0.15, -0.1) is 0 Å². The highest BCUT2D eigenvalue weighted by Crippen LogP contribution is 2.14. The number of aliphatic hydroxyl groups excluding tert-OH is 1. The standard InChI is InChI=1S/C16H24N2O3/c19-9-10-21-15-4-1-13(2-5-15)12-18-16(20)6-3-14-7-8-17-11-14/h1-2,4-5,14,17,19H,3,6-12H2,(H,18,20). The molecule has 1 atom stereocenters. The predicted molar refractivity (Wildman–Crippen MR) is 81.1 cm³/mol. The van der Waals surface area contributed by atoms with E-state index in [4.69, 9.17) is 9.84 Å². The maximum absolute atomic E-state index is 11.8. The van der Waals surface area contributed by atoms with E-state index >= 15 is 0 Å². The summed E-state index contributed by atoms with van der Waals surface area (Å²) in [5.41, 5.74) is 1.04. The first-order valence-electron chi connectivity index (χ1n) is 7.58. The molecule has 1 fully saturated rings. The third-order valence-corrected chi connectivity index (χ3v) is 3.72. The van der Waals surface area contributed by atoms with Gasteiger partial charge >= 0.3 is 0 Å². The highest BCUT2D eigenvalue weighted by Gasteiger charge is 2.15. The van der Waals surface area contributed by atoms with Crippen molar-refractivity contribution in [3.8, 4) is 5.75 Å². The normalized spacial score (nSPS) is 17.7. The van der Waals surface area contributed by atoms with Gasteiger partial charge in [0.05, 0.1) is 6.61 Å². The largest absolute Gasteiger partial charge is 0.491 e. The van der Waals surface area contributed by atoms with Crippen LogP contribution in [0.1, 0.15) is 24.8 Å². The molecule has 1 aromatic rings. The molecule has 1 saturated heterocycles. The minimum absolute atomic E-state index is 0.00826. The number of hydrogen-bond acceptors (Lipinski definition) is 4. The zero-order valence-corrected chi connectivity index (χ0v) is 12.3. The summed E-state index contributed by atoms with van der Waals surface area (Å²) in [5.74, 6) is 1.49. The number of rotatable bonds is 8. The Balaban J connectivity index is 1.65. The molecule has 0 aromatic heterocycles. The number of ether oxygens (including phenoxy) is 1. The van der Waals surface area contributed by atoms with Crippen molar-refractivity contribution in [1.82, 2.24) is 10.6 Å². The van der Waals surface area contributed by atoms with Crippen LogP contribution in [0.3, 0.4) is 0 Å². The van der Waals surface area contributed by atoms with Gasteiger partial charge < -0.3 is 20.5 Å². The van der Waals surface area contributed by atoms with E-state index in [2.05, 4.69) is 10.6 Å². The number of aliphatic hydroxyl groups is 1. The lowest BCUT2D eigenvalue weighted by molar-refractivity contribution is -0.121. The number of amides is 1. The summed E-state index contributed by atoms with van der Waals surface area (Å²) in [4.78, 5) is 11.8. The quantitative estimate of drug-likeness (QED) is 0.670. The van der Waals surface area contributed by atoms with Crippen molar-refractivity contribution in [3.05, 3.63) is 29.8 Å². The molecular formula is C16H24N2O3. The van der Waals surface area contributed by atoms with Crippen molar-refractivity contribution >= 4 is 5.91 Å². The van der Waals surface area contributed by atoms with Gasteiger partial charge in [0.15, 0.2) is 0 Å². The van der Waals surface area contributed by atoms with Gasteiger partial charge in [-0.05, 0) is 49.5 Å². The molecule has 5 nitrogen and oxygen atoms in total. The van der Waals surface area contributed by atoms with Gasteiger partial charge in [0, 0.05) is 13.0 Å². The van der Waals surface area contributed by atoms with Crippen molar-refractivity contribution in [2.24, 2.45) is 5.92 Å². The van der Waals surface area contributed by atoms with E-state index in [1.54, 1.807) is 0 Å². The van der Waals surface area contributed by atoms with Crippen molar-refractivity contribution in [1.29, 1.82) is 0 Å². The minimum Gasteiger partial charge on any atom is -0.491 e. The molecule has 1 aromatic carbocycles. The number of carbonyl (C=O) groups excluding carboxylic acids is 1. The molecule has 1 unspecified atom stereocenters. The summed E-state index contributed by atoms with van der Waals surface area (Å²) in [6.07, 6.45) is 2.75. The van der Waals surface area contributed by atoms with Crippen molar-refractivity contribution in [2.75, 3.05) is 26.3 Å². The Labute approximate surface area is 125 Å². The van der Waals surface area contributed by atoms with Crippen LogP contribution < -0.4 is 15.4 Å². The summed E-state index contributed by atoms with van der Waals surface area (Å²) >= 11 is 0. The monoisotopic (exact) mass is 292 g/mol. The van der Waals surface area contributed by atoms with Crippen molar-refractivity contribution in [2.45, 2.75) is 25.8 Å². The van der Waals surface area contributed by atoms with Gasteiger partial charge in [0.1, 0.15) is 12.4 Å². The molecule has 0 saturated carbocycles. The van der Waals surface area contributed by atoms with E-state index in [-0.39, 0.29) is 12.5 Å². The van der Waals surface area contributed by atoms with Gasteiger partial charge in [0.25, 0.3) is 0 Å². The molecule has 5 heteroatoms. The van der Waals surface area contributed by atoms with Gasteiger partial charge in [0.2, 0.25) is 5.91 Å². The zero-order valence-electron chi connectivity index (χ0n) is 12.3. The maximum Gasteiger partial charge on any atom is 0.220 e. The van der Waals surface area contributed by atoms with Gasteiger partial charge in [-0.2, -0.15) is 0 Å². The Morgan fingerprint density at radius 3 is 2.86 bits per heavy atom. The molecule has 0 spiro atoms. The highest BCUT2D eigenvalue weighted by molar-refractivity contribution is 5.75. The van der Waals surface area contributed by atoms with Crippen LogP contribution in [0.2, 0.25) is 0 Å². The second-order valence-electron chi connectivity index (χ2n) is 5.39. The first kappa shape index (κ1) is 15.8. The fourth-order valence-electron chi connectivity index (χ4n) is 2.45. The second-order valence-corrected chi connectivity index (χ2v) is 5.39. The third-order valence-electron chi connectivity index (χ3n) is 3.72. The minimum atomic E-state index is 0.00826. The molecule has 1 aliphatic rings. The first-order valence-corrected chi connectivity index (χ1v) is 7.58. The van der Waals surface area contributed by atoms with Crippen LogP contribution in [0, 0.1) is 5.92 Å².